The van der Waals surface area contributed by atoms with Gasteiger partial charge in [-0.1, -0.05) is 36.4 Å². The van der Waals surface area contributed by atoms with Crippen molar-refractivity contribution in [1.29, 1.82) is 0 Å². The highest BCUT2D eigenvalue weighted by Crippen LogP contribution is 2.34. The normalized spacial score (nSPS) is 13.1. The molecule has 0 aliphatic heterocycles. The fourth-order valence-corrected chi connectivity index (χ4v) is 2.02. The van der Waals surface area contributed by atoms with Gasteiger partial charge in [-0.25, -0.2) is 0 Å². The summed E-state index contributed by atoms with van der Waals surface area (Å²) in [4.78, 5) is 0. The molecule has 2 rings (SSSR count). The van der Waals surface area contributed by atoms with E-state index >= 15 is 0 Å². The SMILES string of the molecule is CC(OCc1ccc(N)cc1C(F)(F)F)c1ccccc1. The van der Waals surface area contributed by atoms with Crippen molar-refractivity contribution in [3.63, 3.8) is 0 Å². The molecule has 2 aromatic carbocycles. The van der Waals surface area contributed by atoms with E-state index in [-0.39, 0.29) is 24.0 Å². The number of anilines is 1. The number of hydrogen-bond acceptors (Lipinski definition) is 2. The first kappa shape index (κ1) is 15.4. The Morgan fingerprint density at radius 3 is 2.38 bits per heavy atom. The molecule has 0 saturated carbocycles. The molecule has 0 saturated heterocycles. The molecule has 0 aromatic heterocycles. The molecule has 0 heterocycles. The van der Waals surface area contributed by atoms with Gasteiger partial charge in [-0.05, 0) is 30.2 Å². The molecule has 0 fully saturated rings. The van der Waals surface area contributed by atoms with E-state index in [0.29, 0.717) is 0 Å². The summed E-state index contributed by atoms with van der Waals surface area (Å²) in [5, 5.41) is 0. The molecule has 1 atom stereocenters. The molecule has 2 nitrogen and oxygen atoms in total. The molecule has 21 heavy (non-hydrogen) atoms. The van der Waals surface area contributed by atoms with Gasteiger partial charge in [0.2, 0.25) is 0 Å². The summed E-state index contributed by atoms with van der Waals surface area (Å²) in [5.74, 6) is 0. The summed E-state index contributed by atoms with van der Waals surface area (Å²) in [7, 11) is 0. The molecule has 0 radical (unpaired) electrons. The van der Waals surface area contributed by atoms with E-state index in [4.69, 9.17) is 10.5 Å². The molecule has 2 N–H and O–H groups in total. The molecular weight excluding hydrogens is 279 g/mol. The molecule has 5 heteroatoms. The average Bonchev–Trinajstić information content (AvgIpc) is 2.45. The quantitative estimate of drug-likeness (QED) is 0.839. The first-order chi connectivity index (χ1) is 9.88. The highest BCUT2D eigenvalue weighted by atomic mass is 19.4. The average molecular weight is 295 g/mol. The maximum Gasteiger partial charge on any atom is 0.416 e. The van der Waals surface area contributed by atoms with Crippen LogP contribution < -0.4 is 5.73 Å². The zero-order valence-electron chi connectivity index (χ0n) is 11.5. The van der Waals surface area contributed by atoms with Crippen molar-refractivity contribution < 1.29 is 17.9 Å². The van der Waals surface area contributed by atoms with Gasteiger partial charge in [-0.3, -0.25) is 0 Å². The first-order valence-corrected chi connectivity index (χ1v) is 6.50. The predicted molar refractivity (Wildman–Crippen MR) is 75.5 cm³/mol. The molecular formula is C16H16F3NO. The van der Waals surface area contributed by atoms with Gasteiger partial charge in [-0.15, -0.1) is 0 Å². The first-order valence-electron chi connectivity index (χ1n) is 6.50. The van der Waals surface area contributed by atoms with E-state index in [0.717, 1.165) is 11.6 Å². The second kappa shape index (κ2) is 6.18. The molecule has 0 aliphatic carbocycles. The Labute approximate surface area is 121 Å². The van der Waals surface area contributed by atoms with Gasteiger partial charge in [0, 0.05) is 5.69 Å². The van der Waals surface area contributed by atoms with Crippen molar-refractivity contribution >= 4 is 5.69 Å². The molecule has 112 valence electrons. The van der Waals surface area contributed by atoms with Crippen LogP contribution in [-0.4, -0.2) is 0 Å². The van der Waals surface area contributed by atoms with Gasteiger partial charge in [0.25, 0.3) is 0 Å². The summed E-state index contributed by atoms with van der Waals surface area (Å²) in [6.45, 7) is 1.69. The maximum atomic E-state index is 13.0. The summed E-state index contributed by atoms with van der Waals surface area (Å²) in [6, 6.07) is 13.1. The molecule has 0 spiro atoms. The van der Waals surface area contributed by atoms with Crippen molar-refractivity contribution in [1.82, 2.24) is 0 Å². The van der Waals surface area contributed by atoms with Gasteiger partial charge in [0.15, 0.2) is 0 Å². The predicted octanol–water partition coefficient (Wildman–Crippen LogP) is 4.57. The molecule has 0 amide bonds. The van der Waals surface area contributed by atoms with Crippen LogP contribution in [0, 0.1) is 0 Å². The Morgan fingerprint density at radius 2 is 1.76 bits per heavy atom. The Bertz CT molecular complexity index is 596. The van der Waals surface area contributed by atoms with Gasteiger partial charge in [0.05, 0.1) is 18.3 Å². The van der Waals surface area contributed by atoms with Crippen LogP contribution >= 0.6 is 0 Å². The molecule has 2 aromatic rings. The van der Waals surface area contributed by atoms with Crippen LogP contribution in [0.3, 0.4) is 0 Å². The Kier molecular flexibility index (Phi) is 4.53. The van der Waals surface area contributed by atoms with Crippen molar-refractivity contribution in [2.75, 3.05) is 5.73 Å². The van der Waals surface area contributed by atoms with Crippen molar-refractivity contribution in [2.45, 2.75) is 25.8 Å². The number of hydrogen-bond donors (Lipinski definition) is 1. The minimum atomic E-state index is -4.44. The van der Waals surface area contributed by atoms with Crippen LogP contribution in [0.1, 0.15) is 29.7 Å². The largest absolute Gasteiger partial charge is 0.416 e. The highest BCUT2D eigenvalue weighted by Gasteiger charge is 2.33. The van der Waals surface area contributed by atoms with Crippen LogP contribution in [0.5, 0.6) is 0 Å². The second-order valence-corrected chi connectivity index (χ2v) is 4.78. The number of nitrogens with two attached hydrogens (primary N) is 1. The third-order valence-corrected chi connectivity index (χ3v) is 3.20. The lowest BCUT2D eigenvalue weighted by Crippen LogP contribution is -2.11. The van der Waals surface area contributed by atoms with Crippen LogP contribution in [-0.2, 0) is 17.5 Å². The van der Waals surface area contributed by atoms with E-state index < -0.39 is 11.7 Å². The van der Waals surface area contributed by atoms with Gasteiger partial charge in [-0.2, -0.15) is 13.2 Å². The Balaban J connectivity index is 2.14. The number of rotatable bonds is 4. The van der Waals surface area contributed by atoms with Gasteiger partial charge >= 0.3 is 6.18 Å². The Hall–Kier alpha value is -2.01. The third kappa shape index (κ3) is 3.98. The van der Waals surface area contributed by atoms with E-state index in [1.54, 1.807) is 6.92 Å². The minimum absolute atomic E-state index is 0.0829. The minimum Gasteiger partial charge on any atom is -0.399 e. The number of ether oxygens (including phenoxy) is 1. The molecule has 1 unspecified atom stereocenters. The highest BCUT2D eigenvalue weighted by molar-refractivity contribution is 5.45. The summed E-state index contributed by atoms with van der Waals surface area (Å²) in [5.41, 5.74) is 5.77. The number of alkyl halides is 3. The maximum absolute atomic E-state index is 13.0. The number of benzene rings is 2. The summed E-state index contributed by atoms with van der Waals surface area (Å²) in [6.07, 6.45) is -4.73. The zero-order valence-corrected chi connectivity index (χ0v) is 11.5. The monoisotopic (exact) mass is 295 g/mol. The van der Waals surface area contributed by atoms with Crippen LogP contribution in [0.2, 0.25) is 0 Å². The van der Waals surface area contributed by atoms with E-state index in [1.165, 1.54) is 12.1 Å². The third-order valence-electron chi connectivity index (χ3n) is 3.20. The van der Waals surface area contributed by atoms with Crippen LogP contribution in [0.25, 0.3) is 0 Å². The zero-order chi connectivity index (χ0) is 15.5. The topological polar surface area (TPSA) is 35.2 Å². The van der Waals surface area contributed by atoms with Crippen molar-refractivity contribution in [3.8, 4) is 0 Å². The lowest BCUT2D eigenvalue weighted by Gasteiger charge is -2.17. The van der Waals surface area contributed by atoms with Gasteiger partial charge < -0.3 is 10.5 Å². The fraction of sp³-hybridized carbons (Fsp3) is 0.250. The standard InChI is InChI=1S/C16H16F3NO/c1-11(12-5-3-2-4-6-12)21-10-13-7-8-14(20)9-15(13)16(17,18)19/h2-9,11H,10,20H2,1H3. The van der Waals surface area contributed by atoms with Crippen molar-refractivity contribution in [3.05, 3.63) is 65.2 Å². The second-order valence-electron chi connectivity index (χ2n) is 4.78. The smallest absolute Gasteiger partial charge is 0.399 e. The van der Waals surface area contributed by atoms with E-state index in [2.05, 4.69) is 0 Å². The van der Waals surface area contributed by atoms with Gasteiger partial charge in [0.1, 0.15) is 0 Å². The molecule has 0 aliphatic rings. The number of nitrogen functional groups attached to an aromatic ring is 1. The lowest BCUT2D eigenvalue weighted by atomic mass is 10.1. The summed E-state index contributed by atoms with van der Waals surface area (Å²) >= 11 is 0. The van der Waals surface area contributed by atoms with E-state index in [9.17, 15) is 13.2 Å². The van der Waals surface area contributed by atoms with Crippen LogP contribution in [0.15, 0.2) is 48.5 Å². The van der Waals surface area contributed by atoms with Crippen molar-refractivity contribution in [2.24, 2.45) is 0 Å². The molecule has 0 bridgehead atoms. The summed E-state index contributed by atoms with van der Waals surface area (Å²) < 4.78 is 44.4. The fourth-order valence-electron chi connectivity index (χ4n) is 2.02. The lowest BCUT2D eigenvalue weighted by molar-refractivity contribution is -0.139. The number of halogens is 3. The Morgan fingerprint density at radius 1 is 1.10 bits per heavy atom. The van der Waals surface area contributed by atoms with Crippen LogP contribution in [0.4, 0.5) is 18.9 Å². The van der Waals surface area contributed by atoms with E-state index in [1.807, 2.05) is 30.3 Å².